The maximum absolute atomic E-state index is 14.7. The SMILES string of the molecule is C=C(C)/C=C(/F)C(=C)CCc1cc2c(c(F)c1F)-c1c(cc(C)c(F)c1F)C2. The number of allylic oxidation sites excluding steroid dienone is 4. The molecule has 0 saturated carbocycles. The van der Waals surface area contributed by atoms with Crippen molar-refractivity contribution in [3.8, 4) is 11.1 Å². The molecule has 0 amide bonds. The van der Waals surface area contributed by atoms with E-state index in [1.807, 2.05) is 0 Å². The lowest BCUT2D eigenvalue weighted by Gasteiger charge is -2.11. The van der Waals surface area contributed by atoms with Gasteiger partial charge in [-0.05, 0) is 67.0 Å². The zero-order valence-corrected chi connectivity index (χ0v) is 15.7. The molecule has 0 N–H and O–H groups in total. The number of rotatable bonds is 5. The van der Waals surface area contributed by atoms with Crippen LogP contribution >= 0.6 is 0 Å². The molecule has 0 heterocycles. The summed E-state index contributed by atoms with van der Waals surface area (Å²) in [7, 11) is 0. The molecule has 0 saturated heterocycles. The van der Waals surface area contributed by atoms with Crippen LogP contribution in [0.15, 0.2) is 48.3 Å². The van der Waals surface area contributed by atoms with Gasteiger partial charge in [-0.3, -0.25) is 0 Å². The Labute approximate surface area is 160 Å². The Hall–Kier alpha value is -2.69. The van der Waals surface area contributed by atoms with Crippen LogP contribution in [0.5, 0.6) is 0 Å². The summed E-state index contributed by atoms with van der Waals surface area (Å²) in [4.78, 5) is 0. The van der Waals surface area contributed by atoms with Crippen molar-refractivity contribution in [3.05, 3.63) is 93.9 Å². The first-order chi connectivity index (χ1) is 13.1. The Morgan fingerprint density at radius 3 is 2.14 bits per heavy atom. The molecule has 146 valence electrons. The first-order valence-corrected chi connectivity index (χ1v) is 8.80. The molecule has 3 rings (SSSR count). The largest absolute Gasteiger partial charge is 0.207 e. The molecular weight excluding hydrogens is 371 g/mol. The van der Waals surface area contributed by atoms with Crippen molar-refractivity contribution in [1.82, 2.24) is 0 Å². The molecule has 0 fully saturated rings. The Morgan fingerprint density at radius 2 is 1.54 bits per heavy atom. The summed E-state index contributed by atoms with van der Waals surface area (Å²) in [6, 6.07) is 2.89. The van der Waals surface area contributed by atoms with Gasteiger partial charge in [-0.25, -0.2) is 22.0 Å². The highest BCUT2D eigenvalue weighted by molar-refractivity contribution is 5.78. The van der Waals surface area contributed by atoms with E-state index in [0.29, 0.717) is 16.7 Å². The second-order valence-corrected chi connectivity index (χ2v) is 7.17. The summed E-state index contributed by atoms with van der Waals surface area (Å²) in [6.45, 7) is 10.2. The third kappa shape index (κ3) is 3.41. The Morgan fingerprint density at radius 1 is 0.964 bits per heavy atom. The summed E-state index contributed by atoms with van der Waals surface area (Å²) in [6.07, 6.45) is 1.51. The van der Waals surface area contributed by atoms with E-state index in [2.05, 4.69) is 13.2 Å². The van der Waals surface area contributed by atoms with Crippen LogP contribution in [0.25, 0.3) is 11.1 Å². The van der Waals surface area contributed by atoms with Gasteiger partial charge in [0.2, 0.25) is 0 Å². The quantitative estimate of drug-likeness (QED) is 0.324. The van der Waals surface area contributed by atoms with Gasteiger partial charge in [-0.1, -0.05) is 30.9 Å². The van der Waals surface area contributed by atoms with Crippen LogP contribution in [-0.2, 0) is 12.8 Å². The van der Waals surface area contributed by atoms with Crippen molar-refractivity contribution in [2.24, 2.45) is 0 Å². The van der Waals surface area contributed by atoms with E-state index in [0.717, 1.165) is 0 Å². The lowest BCUT2D eigenvalue weighted by molar-refractivity contribution is 0.493. The molecule has 1 aliphatic rings. The number of benzene rings is 2. The lowest BCUT2D eigenvalue weighted by Crippen LogP contribution is -2.01. The van der Waals surface area contributed by atoms with Gasteiger partial charge in [0.15, 0.2) is 23.3 Å². The predicted molar refractivity (Wildman–Crippen MR) is 101 cm³/mol. The molecule has 2 aromatic rings. The molecule has 0 radical (unpaired) electrons. The minimum Gasteiger partial charge on any atom is -0.207 e. The van der Waals surface area contributed by atoms with Crippen LogP contribution in [0.1, 0.15) is 35.6 Å². The molecule has 5 heteroatoms. The van der Waals surface area contributed by atoms with Gasteiger partial charge in [0, 0.05) is 11.1 Å². The normalized spacial score (nSPS) is 12.8. The Kier molecular flexibility index (Phi) is 5.28. The number of hydrogen-bond donors (Lipinski definition) is 0. The average Bonchev–Trinajstić information content (AvgIpc) is 2.98. The van der Waals surface area contributed by atoms with Crippen LogP contribution in [0.4, 0.5) is 22.0 Å². The summed E-state index contributed by atoms with van der Waals surface area (Å²) in [5.41, 5.74) is 1.16. The molecule has 0 spiro atoms. The van der Waals surface area contributed by atoms with E-state index in [-0.39, 0.29) is 47.1 Å². The van der Waals surface area contributed by atoms with Crippen LogP contribution in [0.3, 0.4) is 0 Å². The van der Waals surface area contributed by atoms with Gasteiger partial charge in [-0.15, -0.1) is 0 Å². The van der Waals surface area contributed by atoms with Gasteiger partial charge in [0.1, 0.15) is 5.83 Å². The molecule has 0 atom stereocenters. The number of halogens is 5. The molecular formula is C23H19F5. The molecule has 1 aliphatic carbocycles. The lowest BCUT2D eigenvalue weighted by atomic mass is 9.97. The molecule has 28 heavy (non-hydrogen) atoms. The highest BCUT2D eigenvalue weighted by Crippen LogP contribution is 2.43. The predicted octanol–water partition coefficient (Wildman–Crippen LogP) is 7.04. The third-order valence-corrected chi connectivity index (χ3v) is 4.87. The minimum absolute atomic E-state index is 0.0263. The zero-order chi connectivity index (χ0) is 20.7. The molecule has 0 unspecified atom stereocenters. The average molecular weight is 390 g/mol. The summed E-state index contributed by atoms with van der Waals surface area (Å²) in [5.74, 6) is -5.14. The van der Waals surface area contributed by atoms with Crippen molar-refractivity contribution in [3.63, 3.8) is 0 Å². The van der Waals surface area contributed by atoms with Crippen molar-refractivity contribution < 1.29 is 22.0 Å². The molecule has 0 bridgehead atoms. The highest BCUT2D eigenvalue weighted by atomic mass is 19.2. The van der Waals surface area contributed by atoms with Crippen LogP contribution in [-0.4, -0.2) is 0 Å². The van der Waals surface area contributed by atoms with Gasteiger partial charge in [0.25, 0.3) is 0 Å². The minimum atomic E-state index is -1.21. The fraction of sp³-hybridized carbons (Fsp3) is 0.217. The first kappa shape index (κ1) is 20.1. The molecule has 0 aliphatic heterocycles. The monoisotopic (exact) mass is 390 g/mol. The summed E-state index contributed by atoms with van der Waals surface area (Å²) in [5, 5.41) is 0. The van der Waals surface area contributed by atoms with Crippen molar-refractivity contribution in [2.45, 2.75) is 33.1 Å². The van der Waals surface area contributed by atoms with Crippen molar-refractivity contribution in [2.75, 3.05) is 0 Å². The third-order valence-electron chi connectivity index (χ3n) is 4.87. The topological polar surface area (TPSA) is 0 Å². The van der Waals surface area contributed by atoms with E-state index in [1.165, 1.54) is 25.1 Å². The van der Waals surface area contributed by atoms with Crippen LogP contribution in [0.2, 0.25) is 0 Å². The second kappa shape index (κ2) is 7.38. The molecule has 0 nitrogen and oxygen atoms in total. The van der Waals surface area contributed by atoms with E-state index in [1.54, 1.807) is 6.92 Å². The summed E-state index contributed by atoms with van der Waals surface area (Å²) >= 11 is 0. The molecule has 2 aromatic carbocycles. The fourth-order valence-corrected chi connectivity index (χ4v) is 3.49. The Balaban J connectivity index is 1.95. The van der Waals surface area contributed by atoms with E-state index < -0.39 is 29.1 Å². The van der Waals surface area contributed by atoms with Gasteiger partial charge in [0.05, 0.1) is 0 Å². The fourth-order valence-electron chi connectivity index (χ4n) is 3.49. The first-order valence-electron chi connectivity index (χ1n) is 8.80. The number of aryl methyl sites for hydroxylation is 2. The van der Waals surface area contributed by atoms with Gasteiger partial charge < -0.3 is 0 Å². The van der Waals surface area contributed by atoms with Gasteiger partial charge in [-0.2, -0.15) is 0 Å². The highest BCUT2D eigenvalue weighted by Gasteiger charge is 2.31. The number of fused-ring (bicyclic) bond motifs is 3. The molecule has 0 aromatic heterocycles. The summed E-state index contributed by atoms with van der Waals surface area (Å²) < 4.78 is 71.5. The van der Waals surface area contributed by atoms with E-state index in [9.17, 15) is 22.0 Å². The van der Waals surface area contributed by atoms with Crippen molar-refractivity contribution in [1.29, 1.82) is 0 Å². The maximum atomic E-state index is 14.7. The van der Waals surface area contributed by atoms with E-state index >= 15 is 0 Å². The number of hydrogen-bond acceptors (Lipinski definition) is 0. The second-order valence-electron chi connectivity index (χ2n) is 7.17. The van der Waals surface area contributed by atoms with E-state index in [4.69, 9.17) is 0 Å². The maximum Gasteiger partial charge on any atom is 0.167 e. The Bertz CT molecular complexity index is 1040. The zero-order valence-electron chi connectivity index (χ0n) is 15.7. The smallest absolute Gasteiger partial charge is 0.167 e. The standard InChI is InChI=1S/C23H19F5/c1-11(2)7-17(24)12(3)5-6-14-9-16-10-15-8-13(4)20(25)22(27)18(15)19(16)23(28)21(14)26/h7-9H,1,3,5-6,10H2,2,4H3/b17-7+. The van der Waals surface area contributed by atoms with Gasteiger partial charge >= 0.3 is 0 Å². The van der Waals surface area contributed by atoms with Crippen molar-refractivity contribution >= 4 is 0 Å². The van der Waals surface area contributed by atoms with Crippen LogP contribution < -0.4 is 0 Å². The van der Waals surface area contributed by atoms with Crippen LogP contribution in [0, 0.1) is 30.2 Å².